The molecule has 0 saturated carbocycles. The lowest BCUT2D eigenvalue weighted by Gasteiger charge is -2.35. The molecule has 33 heavy (non-hydrogen) atoms. The van der Waals surface area contributed by atoms with Gasteiger partial charge < -0.3 is 20.1 Å². The molecule has 2 amide bonds. The molecule has 2 aromatic rings. The second kappa shape index (κ2) is 11.0. The maximum absolute atomic E-state index is 12.6. The van der Waals surface area contributed by atoms with Gasteiger partial charge in [-0.3, -0.25) is 14.5 Å². The van der Waals surface area contributed by atoms with Gasteiger partial charge in [0.25, 0.3) is 11.8 Å². The molecular weight excluding hydrogens is 459 g/mol. The van der Waals surface area contributed by atoms with Crippen LogP contribution >= 0.6 is 11.3 Å². The van der Waals surface area contributed by atoms with Crippen LogP contribution in [0.2, 0.25) is 0 Å². The normalized spacial score (nSPS) is 15.8. The van der Waals surface area contributed by atoms with Crippen molar-refractivity contribution in [3.05, 3.63) is 51.7 Å². The fourth-order valence-corrected chi connectivity index (χ4v) is 4.42. The second-order valence-electron chi connectivity index (χ2n) is 7.63. The average molecular weight is 486 g/mol. The van der Waals surface area contributed by atoms with E-state index in [1.54, 1.807) is 24.0 Å². The number of carbonyl (C=O) groups excluding carboxylic acids is 2. The number of thiophene rings is 1. The van der Waals surface area contributed by atoms with Gasteiger partial charge in [0, 0.05) is 49.7 Å². The van der Waals surface area contributed by atoms with Crippen LogP contribution in [0.1, 0.15) is 33.5 Å². The second-order valence-corrected chi connectivity index (χ2v) is 8.80. The molecule has 1 aromatic carbocycles. The summed E-state index contributed by atoms with van der Waals surface area (Å²) in [5.41, 5.74) is 0.223. The van der Waals surface area contributed by atoms with Crippen LogP contribution in [0.15, 0.2) is 36.4 Å². The lowest BCUT2D eigenvalue weighted by molar-refractivity contribution is -0.274. The number of halogens is 3. The smallest absolute Gasteiger partial charge is 0.405 e. The molecule has 180 valence electrons. The van der Waals surface area contributed by atoms with Crippen molar-refractivity contribution < 1.29 is 32.6 Å². The number of ether oxygens (including phenoxy) is 1. The van der Waals surface area contributed by atoms with Crippen LogP contribution < -0.4 is 10.1 Å². The highest BCUT2D eigenvalue weighted by molar-refractivity contribution is 7.14. The summed E-state index contributed by atoms with van der Waals surface area (Å²) in [5.74, 6) is -0.965. The fourth-order valence-electron chi connectivity index (χ4n) is 3.45. The monoisotopic (exact) mass is 485 g/mol. The number of hydrogen-bond donors (Lipinski definition) is 2. The Morgan fingerprint density at radius 1 is 1.15 bits per heavy atom. The number of aliphatic hydroxyl groups excluding tert-OH is 1. The molecule has 7 nitrogen and oxygen atoms in total. The number of nitrogens with one attached hydrogen (secondary N) is 1. The molecule has 2 heterocycles. The Kier molecular flexibility index (Phi) is 8.33. The predicted molar refractivity (Wildman–Crippen MR) is 117 cm³/mol. The van der Waals surface area contributed by atoms with Crippen LogP contribution in [0.25, 0.3) is 0 Å². The number of hydrogen-bond acceptors (Lipinski definition) is 6. The molecule has 2 N–H and O–H groups in total. The summed E-state index contributed by atoms with van der Waals surface area (Å²) < 4.78 is 41.7. The van der Waals surface area contributed by atoms with Gasteiger partial charge in [0.1, 0.15) is 11.9 Å². The Bertz CT molecular complexity index is 958. The van der Waals surface area contributed by atoms with Crippen molar-refractivity contribution >= 4 is 23.2 Å². The van der Waals surface area contributed by atoms with E-state index >= 15 is 0 Å². The largest absolute Gasteiger partial charge is 0.573 e. The first kappa shape index (κ1) is 25.0. The molecule has 3 rings (SSSR count). The molecule has 1 saturated heterocycles. The number of amides is 2. The van der Waals surface area contributed by atoms with Crippen molar-refractivity contribution in [2.24, 2.45) is 0 Å². The Morgan fingerprint density at radius 2 is 1.85 bits per heavy atom. The Morgan fingerprint density at radius 3 is 2.52 bits per heavy atom. The molecular formula is C22H26F3N3O4S. The number of benzene rings is 1. The first-order chi connectivity index (χ1) is 15.7. The van der Waals surface area contributed by atoms with Gasteiger partial charge in [0.15, 0.2) is 0 Å². The average Bonchev–Trinajstić information content (AvgIpc) is 3.25. The van der Waals surface area contributed by atoms with E-state index in [1.807, 2.05) is 6.07 Å². The van der Waals surface area contributed by atoms with Gasteiger partial charge >= 0.3 is 6.36 Å². The Labute approximate surface area is 193 Å². The zero-order valence-corrected chi connectivity index (χ0v) is 18.9. The van der Waals surface area contributed by atoms with Crippen LogP contribution in [0.5, 0.6) is 5.75 Å². The van der Waals surface area contributed by atoms with Gasteiger partial charge in [-0.05, 0) is 24.6 Å². The maximum atomic E-state index is 12.6. The third-order valence-electron chi connectivity index (χ3n) is 5.26. The standard InChI is InChI=1S/C22H26F3N3O4S/c1-2-17(29)21(31)28-11-9-27(10-12-28)14-16-7-8-19(33-16)20(30)26-13-15-5-3-4-6-18(15)32-22(23,24)25/h3-8,17,29H,2,9-14H2,1H3,(H,26,30)/t17-/m1/s1. The molecule has 1 aliphatic rings. The van der Waals surface area contributed by atoms with E-state index in [1.165, 1.54) is 29.5 Å². The first-order valence-electron chi connectivity index (χ1n) is 10.6. The van der Waals surface area contributed by atoms with Crippen LogP contribution in [0.3, 0.4) is 0 Å². The van der Waals surface area contributed by atoms with Crippen LogP contribution in [0.4, 0.5) is 13.2 Å². The summed E-state index contributed by atoms with van der Waals surface area (Å²) in [6, 6.07) is 9.20. The SMILES string of the molecule is CC[C@@H](O)C(=O)N1CCN(Cc2ccc(C(=O)NCc3ccccc3OC(F)(F)F)s2)CC1. The minimum atomic E-state index is -4.81. The number of alkyl halides is 3. The van der Waals surface area contributed by atoms with E-state index in [9.17, 15) is 27.9 Å². The number of para-hydroxylation sites is 1. The molecule has 1 atom stereocenters. The van der Waals surface area contributed by atoms with E-state index < -0.39 is 12.5 Å². The molecule has 1 aromatic heterocycles. The number of rotatable bonds is 8. The van der Waals surface area contributed by atoms with Gasteiger partial charge in [0.05, 0.1) is 4.88 Å². The molecule has 0 spiro atoms. The van der Waals surface area contributed by atoms with Crippen LogP contribution in [-0.2, 0) is 17.9 Å². The summed E-state index contributed by atoms with van der Waals surface area (Å²) in [4.78, 5) is 29.8. The van der Waals surface area contributed by atoms with Gasteiger partial charge in [-0.25, -0.2) is 0 Å². The zero-order chi connectivity index (χ0) is 24.0. The van der Waals surface area contributed by atoms with Crippen molar-refractivity contribution in [1.29, 1.82) is 0 Å². The van der Waals surface area contributed by atoms with E-state index in [0.717, 1.165) is 4.88 Å². The van der Waals surface area contributed by atoms with Crippen LogP contribution in [-0.4, -0.2) is 65.4 Å². The van der Waals surface area contributed by atoms with Crippen molar-refractivity contribution in [3.8, 4) is 5.75 Å². The van der Waals surface area contributed by atoms with Gasteiger partial charge in [0.2, 0.25) is 0 Å². The third-order valence-corrected chi connectivity index (χ3v) is 6.33. The number of aliphatic hydroxyl groups is 1. The lowest BCUT2D eigenvalue weighted by Crippen LogP contribution is -2.51. The maximum Gasteiger partial charge on any atom is 0.573 e. The third kappa shape index (κ3) is 7.18. The number of carbonyl (C=O) groups is 2. The number of piperazine rings is 1. The number of nitrogens with zero attached hydrogens (tertiary/aromatic N) is 2. The van der Waals surface area contributed by atoms with E-state index in [2.05, 4.69) is 15.0 Å². The first-order valence-corrected chi connectivity index (χ1v) is 11.4. The topological polar surface area (TPSA) is 82.1 Å². The highest BCUT2D eigenvalue weighted by Gasteiger charge is 2.32. The summed E-state index contributed by atoms with van der Waals surface area (Å²) in [6.45, 7) is 4.69. The van der Waals surface area contributed by atoms with Crippen molar-refractivity contribution in [2.45, 2.75) is 38.9 Å². The summed E-state index contributed by atoms with van der Waals surface area (Å²) in [7, 11) is 0. The molecule has 0 bridgehead atoms. The van der Waals surface area contributed by atoms with Gasteiger partial charge in [-0.1, -0.05) is 25.1 Å². The van der Waals surface area contributed by atoms with E-state index in [-0.39, 0.29) is 29.7 Å². The minimum absolute atomic E-state index is 0.0993. The molecule has 0 aliphatic carbocycles. The van der Waals surface area contributed by atoms with E-state index in [0.29, 0.717) is 44.0 Å². The fraction of sp³-hybridized carbons (Fsp3) is 0.455. The van der Waals surface area contributed by atoms with Crippen molar-refractivity contribution in [1.82, 2.24) is 15.1 Å². The van der Waals surface area contributed by atoms with Crippen molar-refractivity contribution in [2.75, 3.05) is 26.2 Å². The summed E-state index contributed by atoms with van der Waals surface area (Å²) in [6.07, 6.45) is -5.38. The molecule has 1 fully saturated rings. The lowest BCUT2D eigenvalue weighted by atomic mass is 10.2. The molecule has 1 aliphatic heterocycles. The predicted octanol–water partition coefficient (Wildman–Crippen LogP) is 2.99. The highest BCUT2D eigenvalue weighted by Crippen LogP contribution is 2.26. The van der Waals surface area contributed by atoms with Crippen LogP contribution in [0, 0.1) is 0 Å². The minimum Gasteiger partial charge on any atom is -0.405 e. The van der Waals surface area contributed by atoms with Crippen molar-refractivity contribution in [3.63, 3.8) is 0 Å². The summed E-state index contributed by atoms with van der Waals surface area (Å²) >= 11 is 1.31. The van der Waals surface area contributed by atoms with E-state index in [4.69, 9.17) is 0 Å². The quantitative estimate of drug-likeness (QED) is 0.601. The van der Waals surface area contributed by atoms with Gasteiger partial charge in [-0.2, -0.15) is 0 Å². The molecule has 11 heteroatoms. The highest BCUT2D eigenvalue weighted by atomic mass is 32.1. The zero-order valence-electron chi connectivity index (χ0n) is 18.1. The van der Waals surface area contributed by atoms with Gasteiger partial charge in [-0.15, -0.1) is 24.5 Å². The molecule has 0 radical (unpaired) electrons. The Balaban J connectivity index is 1.50. The summed E-state index contributed by atoms with van der Waals surface area (Å²) in [5, 5.41) is 12.4. The molecule has 0 unspecified atom stereocenters. The Hall–Kier alpha value is -2.63.